The third-order valence-electron chi connectivity index (χ3n) is 3.07. The van der Waals surface area contributed by atoms with Crippen LogP contribution in [0.15, 0.2) is 47.5 Å². The van der Waals surface area contributed by atoms with Gasteiger partial charge in [-0.1, -0.05) is 35.9 Å². The largest absolute Gasteiger partial charge is 0.352 e. The molecular weight excluding hydrogens is 308 g/mol. The summed E-state index contributed by atoms with van der Waals surface area (Å²) in [6, 6.07) is 11.0. The van der Waals surface area contributed by atoms with E-state index in [1.807, 2.05) is 0 Å². The van der Waals surface area contributed by atoms with Gasteiger partial charge in [-0.15, -0.1) is 0 Å². The minimum absolute atomic E-state index is 0.0774. The predicted octanol–water partition coefficient (Wildman–Crippen LogP) is 3.48. The van der Waals surface area contributed by atoms with Crippen molar-refractivity contribution in [2.24, 2.45) is 4.99 Å². The normalized spacial score (nSPS) is 11.4. The Bertz CT molecular complexity index is 674. The summed E-state index contributed by atoms with van der Waals surface area (Å²) in [5.41, 5.74) is 1.37. The lowest BCUT2D eigenvalue weighted by Crippen LogP contribution is -2.36. The Hall–Kier alpha value is -2.14. The fourth-order valence-corrected chi connectivity index (χ4v) is 2.08. The lowest BCUT2D eigenvalue weighted by atomic mass is 10.2. The Kier molecular flexibility index (Phi) is 5.72. The minimum atomic E-state index is -0.451. The molecule has 3 nitrogen and oxygen atoms in total. The average molecular weight is 324 g/mol. The summed E-state index contributed by atoms with van der Waals surface area (Å²) in [5, 5.41) is 6.15. The second-order valence-electron chi connectivity index (χ2n) is 4.62. The molecule has 0 aromatic heterocycles. The first kappa shape index (κ1) is 16.2. The molecule has 6 heteroatoms. The van der Waals surface area contributed by atoms with Crippen molar-refractivity contribution in [3.63, 3.8) is 0 Å². The maximum atomic E-state index is 13.5. The summed E-state index contributed by atoms with van der Waals surface area (Å²) in [6.07, 6.45) is 0. The number of nitrogens with one attached hydrogen (secondary N) is 2. The van der Waals surface area contributed by atoms with Gasteiger partial charge in [0.25, 0.3) is 0 Å². The molecule has 0 atom stereocenters. The highest BCUT2D eigenvalue weighted by Gasteiger charge is 2.04. The van der Waals surface area contributed by atoms with Crippen molar-refractivity contribution in [1.29, 1.82) is 0 Å². The number of rotatable bonds is 4. The first-order chi connectivity index (χ1) is 10.6. The number of hydrogen-bond donors (Lipinski definition) is 2. The van der Waals surface area contributed by atoms with Crippen LogP contribution < -0.4 is 10.6 Å². The van der Waals surface area contributed by atoms with Crippen molar-refractivity contribution >= 4 is 17.6 Å². The highest BCUT2D eigenvalue weighted by Crippen LogP contribution is 2.15. The van der Waals surface area contributed by atoms with Gasteiger partial charge in [-0.25, -0.2) is 8.78 Å². The van der Waals surface area contributed by atoms with Crippen molar-refractivity contribution in [1.82, 2.24) is 10.6 Å². The molecule has 2 aromatic carbocycles. The van der Waals surface area contributed by atoms with E-state index in [0.717, 1.165) is 5.56 Å². The van der Waals surface area contributed by atoms with Gasteiger partial charge in [0.2, 0.25) is 0 Å². The fourth-order valence-electron chi connectivity index (χ4n) is 1.88. The summed E-state index contributed by atoms with van der Waals surface area (Å²) in [7, 11) is 1.62. The SMILES string of the molecule is CN=C(NCc1ccc(F)c(Cl)c1)NCc1ccccc1F. The quantitative estimate of drug-likeness (QED) is 0.667. The van der Waals surface area contributed by atoms with Crippen LogP contribution in [0.2, 0.25) is 5.02 Å². The van der Waals surface area contributed by atoms with Crippen molar-refractivity contribution in [3.05, 3.63) is 70.2 Å². The van der Waals surface area contributed by atoms with Crippen LogP contribution in [0.25, 0.3) is 0 Å². The van der Waals surface area contributed by atoms with Gasteiger partial charge >= 0.3 is 0 Å². The van der Waals surface area contributed by atoms with Crippen molar-refractivity contribution in [2.45, 2.75) is 13.1 Å². The first-order valence-corrected chi connectivity index (χ1v) is 7.10. The minimum Gasteiger partial charge on any atom is -0.352 e. The molecule has 0 aliphatic rings. The Morgan fingerprint density at radius 2 is 1.77 bits per heavy atom. The molecule has 0 radical (unpaired) electrons. The molecule has 0 saturated carbocycles. The molecule has 0 heterocycles. The molecule has 2 N–H and O–H groups in total. The van der Waals surface area contributed by atoms with E-state index in [0.29, 0.717) is 24.6 Å². The van der Waals surface area contributed by atoms with Gasteiger partial charge in [0.1, 0.15) is 11.6 Å². The second kappa shape index (κ2) is 7.75. The molecule has 0 amide bonds. The van der Waals surface area contributed by atoms with E-state index in [4.69, 9.17) is 11.6 Å². The van der Waals surface area contributed by atoms with E-state index in [1.54, 1.807) is 37.4 Å². The van der Waals surface area contributed by atoms with Crippen LogP contribution in [0.3, 0.4) is 0 Å². The molecule has 0 unspecified atom stereocenters. The smallest absolute Gasteiger partial charge is 0.191 e. The molecule has 2 aromatic rings. The Morgan fingerprint density at radius 1 is 1.05 bits per heavy atom. The highest BCUT2D eigenvalue weighted by atomic mass is 35.5. The zero-order valence-electron chi connectivity index (χ0n) is 12.0. The summed E-state index contributed by atoms with van der Waals surface area (Å²) in [4.78, 5) is 4.05. The van der Waals surface area contributed by atoms with Crippen LogP contribution >= 0.6 is 11.6 Å². The number of halogens is 3. The number of aliphatic imine (C=N–C) groups is 1. The lowest BCUT2D eigenvalue weighted by Gasteiger charge is -2.12. The van der Waals surface area contributed by atoms with Crippen molar-refractivity contribution in [3.8, 4) is 0 Å². The van der Waals surface area contributed by atoms with Gasteiger partial charge in [0.05, 0.1) is 5.02 Å². The van der Waals surface area contributed by atoms with E-state index >= 15 is 0 Å². The lowest BCUT2D eigenvalue weighted by molar-refractivity contribution is 0.604. The summed E-state index contributed by atoms with van der Waals surface area (Å²) < 4.78 is 26.6. The van der Waals surface area contributed by atoms with Gasteiger partial charge in [-0.3, -0.25) is 4.99 Å². The summed E-state index contributed by atoms with van der Waals surface area (Å²) in [6.45, 7) is 0.744. The van der Waals surface area contributed by atoms with Crippen molar-refractivity contribution < 1.29 is 8.78 Å². The van der Waals surface area contributed by atoms with Crippen LogP contribution in [-0.2, 0) is 13.1 Å². The number of benzene rings is 2. The number of hydrogen-bond acceptors (Lipinski definition) is 1. The van der Waals surface area contributed by atoms with Gasteiger partial charge in [-0.2, -0.15) is 0 Å². The molecule has 22 heavy (non-hydrogen) atoms. The first-order valence-electron chi connectivity index (χ1n) is 6.72. The maximum Gasteiger partial charge on any atom is 0.191 e. The van der Waals surface area contributed by atoms with Crippen LogP contribution in [0.5, 0.6) is 0 Å². The Labute approximate surface area is 133 Å². The van der Waals surface area contributed by atoms with Crippen molar-refractivity contribution in [2.75, 3.05) is 7.05 Å². The van der Waals surface area contributed by atoms with Gasteiger partial charge in [-0.05, 0) is 23.8 Å². The Morgan fingerprint density at radius 3 is 2.45 bits per heavy atom. The second-order valence-corrected chi connectivity index (χ2v) is 5.03. The molecule has 116 valence electrons. The third-order valence-corrected chi connectivity index (χ3v) is 3.36. The van der Waals surface area contributed by atoms with E-state index in [-0.39, 0.29) is 10.8 Å². The van der Waals surface area contributed by atoms with Gasteiger partial charge in [0, 0.05) is 25.7 Å². The van der Waals surface area contributed by atoms with Gasteiger partial charge < -0.3 is 10.6 Å². The summed E-state index contributed by atoms with van der Waals surface area (Å²) >= 11 is 5.73. The van der Waals surface area contributed by atoms with E-state index in [1.165, 1.54) is 12.1 Å². The molecule has 0 aliphatic heterocycles. The summed E-state index contributed by atoms with van der Waals surface area (Å²) in [5.74, 6) is -0.202. The molecule has 0 saturated heterocycles. The van der Waals surface area contributed by atoms with Crippen LogP contribution in [0.4, 0.5) is 8.78 Å². The monoisotopic (exact) mass is 323 g/mol. The third kappa shape index (κ3) is 4.43. The van der Waals surface area contributed by atoms with Crippen LogP contribution in [-0.4, -0.2) is 13.0 Å². The molecule has 0 fully saturated rings. The zero-order chi connectivity index (χ0) is 15.9. The van der Waals surface area contributed by atoms with Gasteiger partial charge in [0.15, 0.2) is 5.96 Å². The molecular formula is C16H16ClF2N3. The Balaban J connectivity index is 1.90. The average Bonchev–Trinajstić information content (AvgIpc) is 2.52. The molecule has 0 bridgehead atoms. The highest BCUT2D eigenvalue weighted by molar-refractivity contribution is 6.30. The molecule has 2 rings (SSSR count). The number of nitrogens with zero attached hydrogens (tertiary/aromatic N) is 1. The maximum absolute atomic E-state index is 13.5. The van der Waals surface area contributed by atoms with E-state index in [9.17, 15) is 8.78 Å². The molecule has 0 spiro atoms. The van der Waals surface area contributed by atoms with E-state index < -0.39 is 5.82 Å². The van der Waals surface area contributed by atoms with Crippen LogP contribution in [0.1, 0.15) is 11.1 Å². The topological polar surface area (TPSA) is 36.4 Å². The predicted molar refractivity (Wildman–Crippen MR) is 84.8 cm³/mol. The standard InChI is InChI=1S/C16H16ClF2N3/c1-20-16(22-10-12-4-2-3-5-14(12)18)21-9-11-6-7-15(19)13(17)8-11/h2-8H,9-10H2,1H3,(H2,20,21,22). The molecule has 0 aliphatic carbocycles. The van der Waals surface area contributed by atoms with Crippen LogP contribution in [0, 0.1) is 11.6 Å². The zero-order valence-corrected chi connectivity index (χ0v) is 12.8. The number of guanidine groups is 1. The fraction of sp³-hybridized carbons (Fsp3) is 0.188. The van der Waals surface area contributed by atoms with E-state index in [2.05, 4.69) is 15.6 Å².